The fraction of sp³-hybridized carbons (Fsp3) is 0.292. The van der Waals surface area contributed by atoms with Crippen molar-refractivity contribution in [2.24, 2.45) is 5.92 Å². The van der Waals surface area contributed by atoms with Crippen LogP contribution in [-0.4, -0.2) is 64.4 Å². The number of pyridine rings is 1. The second kappa shape index (κ2) is 8.01. The third-order valence-corrected chi connectivity index (χ3v) is 7.19. The lowest BCUT2D eigenvalue weighted by molar-refractivity contribution is 0.0982. The summed E-state index contributed by atoms with van der Waals surface area (Å²) in [5, 5.41) is 6.30. The van der Waals surface area contributed by atoms with Crippen LogP contribution in [0.5, 0.6) is 0 Å². The van der Waals surface area contributed by atoms with Gasteiger partial charge in [-0.15, -0.1) is 0 Å². The van der Waals surface area contributed by atoms with Crippen LogP contribution < -0.4 is 9.80 Å². The molecule has 6 rings (SSSR count). The van der Waals surface area contributed by atoms with E-state index in [0.717, 1.165) is 47.6 Å². The number of para-hydroxylation sites is 1. The molecule has 0 atom stereocenters. The first-order valence-electron chi connectivity index (χ1n) is 11.1. The molecule has 1 amide bonds. The lowest BCUT2D eigenvalue weighted by atomic mass is 10.0. The molecule has 0 unspecified atom stereocenters. The molecule has 2 aliphatic heterocycles. The van der Waals surface area contributed by atoms with Gasteiger partial charge in [-0.3, -0.25) is 14.4 Å². The molecule has 1 fully saturated rings. The molecule has 3 aromatic heterocycles. The summed E-state index contributed by atoms with van der Waals surface area (Å²) in [6, 6.07) is 7.27. The van der Waals surface area contributed by atoms with Crippen LogP contribution >= 0.6 is 23.2 Å². The molecular formula is C24H23Cl2N7O. The van der Waals surface area contributed by atoms with Crippen molar-refractivity contribution in [1.29, 1.82) is 0 Å². The van der Waals surface area contributed by atoms with E-state index < -0.39 is 0 Å². The molecule has 2 aliphatic rings. The van der Waals surface area contributed by atoms with Crippen molar-refractivity contribution in [3.63, 3.8) is 0 Å². The predicted molar refractivity (Wildman–Crippen MR) is 135 cm³/mol. The molecule has 1 aromatic carbocycles. The van der Waals surface area contributed by atoms with Gasteiger partial charge in [0, 0.05) is 55.9 Å². The Morgan fingerprint density at radius 3 is 2.62 bits per heavy atom. The number of amides is 1. The van der Waals surface area contributed by atoms with E-state index in [2.05, 4.69) is 33.2 Å². The lowest BCUT2D eigenvalue weighted by Gasteiger charge is -2.36. The number of anilines is 2. The quantitative estimate of drug-likeness (QED) is 0.455. The smallest absolute Gasteiger partial charge is 0.263 e. The Hall–Kier alpha value is -3.07. The van der Waals surface area contributed by atoms with Gasteiger partial charge in [-0.05, 0) is 25.2 Å². The summed E-state index contributed by atoms with van der Waals surface area (Å²) in [6.45, 7) is 3.45. The van der Waals surface area contributed by atoms with Crippen molar-refractivity contribution in [2.45, 2.75) is 6.54 Å². The maximum Gasteiger partial charge on any atom is 0.263 e. The molecule has 0 bridgehead atoms. The van der Waals surface area contributed by atoms with Crippen LogP contribution in [0.3, 0.4) is 0 Å². The average Bonchev–Trinajstić information content (AvgIpc) is 3.42. The Kier molecular flexibility index (Phi) is 5.05. The highest BCUT2D eigenvalue weighted by Gasteiger charge is 2.33. The monoisotopic (exact) mass is 495 g/mol. The van der Waals surface area contributed by atoms with Crippen LogP contribution in [0.1, 0.15) is 10.4 Å². The van der Waals surface area contributed by atoms with Crippen molar-refractivity contribution in [2.75, 3.05) is 43.7 Å². The van der Waals surface area contributed by atoms with Crippen LogP contribution in [0.4, 0.5) is 11.4 Å². The minimum absolute atomic E-state index is 0.182. The molecule has 8 nitrogen and oxygen atoms in total. The predicted octanol–water partition coefficient (Wildman–Crippen LogP) is 4.35. The summed E-state index contributed by atoms with van der Waals surface area (Å²) in [5.74, 6) is 0.460. The van der Waals surface area contributed by atoms with Crippen LogP contribution in [0.25, 0.3) is 22.3 Å². The third-order valence-electron chi connectivity index (χ3n) is 6.58. The number of hydrogen-bond donors (Lipinski definition) is 1. The Balaban J connectivity index is 1.35. The first-order valence-corrected chi connectivity index (χ1v) is 11.8. The van der Waals surface area contributed by atoms with Crippen LogP contribution in [0.15, 0.2) is 42.9 Å². The fourth-order valence-corrected chi connectivity index (χ4v) is 5.61. The first kappa shape index (κ1) is 21.5. The molecular weight excluding hydrogens is 473 g/mol. The van der Waals surface area contributed by atoms with Crippen molar-refractivity contribution in [3.05, 3.63) is 58.5 Å². The molecule has 34 heavy (non-hydrogen) atoms. The van der Waals surface area contributed by atoms with Gasteiger partial charge in [0.25, 0.3) is 5.91 Å². The number of rotatable bonds is 4. The Bertz CT molecular complexity index is 1400. The van der Waals surface area contributed by atoms with Gasteiger partial charge >= 0.3 is 0 Å². The highest BCUT2D eigenvalue weighted by molar-refractivity contribution is 6.40. The van der Waals surface area contributed by atoms with Crippen molar-refractivity contribution >= 4 is 51.5 Å². The molecule has 5 heterocycles. The van der Waals surface area contributed by atoms with E-state index in [1.54, 1.807) is 29.3 Å². The SMILES string of the molecule is CN1CC(Cn2cc(-c3cc4c5c(cnc4[nH]3)C(=O)N(c3c(Cl)cccc3Cl)CN5C)cn2)C1. The number of fused-ring (bicyclic) bond motifs is 3. The van der Waals surface area contributed by atoms with Gasteiger partial charge in [0.15, 0.2) is 0 Å². The Morgan fingerprint density at radius 1 is 1.12 bits per heavy atom. The van der Waals surface area contributed by atoms with Gasteiger partial charge in [0.1, 0.15) is 5.65 Å². The van der Waals surface area contributed by atoms with E-state index in [4.69, 9.17) is 23.2 Å². The second-order valence-electron chi connectivity index (χ2n) is 9.15. The largest absolute Gasteiger partial charge is 0.355 e. The van der Waals surface area contributed by atoms with E-state index in [9.17, 15) is 4.79 Å². The van der Waals surface area contributed by atoms with Gasteiger partial charge < -0.3 is 14.8 Å². The van der Waals surface area contributed by atoms with E-state index in [-0.39, 0.29) is 5.91 Å². The maximum atomic E-state index is 13.5. The molecule has 10 heteroatoms. The average molecular weight is 496 g/mol. The molecule has 0 saturated carbocycles. The van der Waals surface area contributed by atoms with Crippen molar-refractivity contribution in [3.8, 4) is 11.3 Å². The number of benzene rings is 1. The van der Waals surface area contributed by atoms with Crippen LogP contribution in [-0.2, 0) is 6.54 Å². The number of carbonyl (C=O) groups excluding carboxylic acids is 1. The van der Waals surface area contributed by atoms with E-state index >= 15 is 0 Å². The highest BCUT2D eigenvalue weighted by atomic mass is 35.5. The molecule has 1 saturated heterocycles. The zero-order valence-electron chi connectivity index (χ0n) is 18.8. The summed E-state index contributed by atoms with van der Waals surface area (Å²) in [4.78, 5) is 27.3. The standard InChI is InChI=1S/C24H23Cl2N7O/c1-30-9-14(10-30)11-32-12-15(7-28-32)20-6-16-21-17(8-27-23(16)29-20)24(34)33(13-31(21)2)22-18(25)4-3-5-19(22)26/h3-8,12,14H,9-11,13H2,1-2H3,(H,27,29). The van der Waals surface area contributed by atoms with Crippen molar-refractivity contribution < 1.29 is 4.79 Å². The summed E-state index contributed by atoms with van der Waals surface area (Å²) < 4.78 is 2.00. The molecule has 0 aliphatic carbocycles. The molecule has 1 N–H and O–H groups in total. The van der Waals surface area contributed by atoms with Crippen LogP contribution in [0, 0.1) is 5.92 Å². The number of likely N-dealkylation sites (tertiary alicyclic amines) is 1. The summed E-state index contributed by atoms with van der Waals surface area (Å²) in [5.41, 5.74) is 4.49. The minimum atomic E-state index is -0.182. The summed E-state index contributed by atoms with van der Waals surface area (Å²) in [7, 11) is 4.08. The van der Waals surface area contributed by atoms with Gasteiger partial charge in [-0.2, -0.15) is 5.10 Å². The number of carbonyl (C=O) groups is 1. The summed E-state index contributed by atoms with van der Waals surface area (Å²) in [6.07, 6.45) is 5.55. The number of aromatic amines is 1. The van der Waals surface area contributed by atoms with E-state index in [1.165, 1.54) is 0 Å². The number of nitrogens with one attached hydrogen (secondary N) is 1. The van der Waals surface area contributed by atoms with Gasteiger partial charge in [-0.25, -0.2) is 4.98 Å². The highest BCUT2D eigenvalue weighted by Crippen LogP contribution is 2.40. The first-order chi connectivity index (χ1) is 16.4. The van der Waals surface area contributed by atoms with E-state index in [1.807, 2.05) is 28.9 Å². The van der Waals surface area contributed by atoms with E-state index in [0.29, 0.717) is 33.9 Å². The lowest BCUT2D eigenvalue weighted by Crippen LogP contribution is -2.45. The summed E-state index contributed by atoms with van der Waals surface area (Å²) >= 11 is 12.8. The zero-order chi connectivity index (χ0) is 23.6. The topological polar surface area (TPSA) is 73.3 Å². The number of aromatic nitrogens is 4. The minimum Gasteiger partial charge on any atom is -0.355 e. The molecule has 0 spiro atoms. The number of hydrogen-bond acceptors (Lipinski definition) is 5. The molecule has 174 valence electrons. The molecule has 4 aromatic rings. The normalized spacial score (nSPS) is 16.9. The number of halogens is 2. The van der Waals surface area contributed by atoms with Gasteiger partial charge in [-0.1, -0.05) is 29.3 Å². The third kappa shape index (κ3) is 3.45. The van der Waals surface area contributed by atoms with Crippen molar-refractivity contribution in [1.82, 2.24) is 24.6 Å². The van der Waals surface area contributed by atoms with Crippen LogP contribution in [0.2, 0.25) is 10.0 Å². The van der Waals surface area contributed by atoms with Gasteiger partial charge in [0.2, 0.25) is 0 Å². The fourth-order valence-electron chi connectivity index (χ4n) is 5.01. The number of H-pyrrole nitrogens is 1. The van der Waals surface area contributed by atoms with Gasteiger partial charge in [0.05, 0.1) is 45.5 Å². The Morgan fingerprint density at radius 2 is 1.88 bits per heavy atom. The zero-order valence-corrected chi connectivity index (χ0v) is 20.3. The number of nitrogens with zero attached hydrogens (tertiary/aromatic N) is 6. The second-order valence-corrected chi connectivity index (χ2v) is 9.96. The Labute approximate surface area is 206 Å². The molecule has 0 radical (unpaired) electrons. The maximum absolute atomic E-state index is 13.5.